The maximum absolute atomic E-state index is 12.8. The minimum atomic E-state index is -0.340. The van der Waals surface area contributed by atoms with E-state index in [1.165, 1.54) is 12.3 Å². The summed E-state index contributed by atoms with van der Waals surface area (Å²) < 4.78 is 12.8. The average molecular weight is 194 g/mol. The van der Waals surface area contributed by atoms with Gasteiger partial charge in [-0.1, -0.05) is 5.57 Å². The molecule has 3 heteroatoms. The van der Waals surface area contributed by atoms with E-state index in [9.17, 15) is 4.39 Å². The van der Waals surface area contributed by atoms with Gasteiger partial charge in [-0.3, -0.25) is 4.98 Å². The van der Waals surface area contributed by atoms with Gasteiger partial charge in [0.25, 0.3) is 0 Å². The van der Waals surface area contributed by atoms with Crippen molar-refractivity contribution in [3.63, 3.8) is 0 Å². The van der Waals surface area contributed by atoms with E-state index >= 15 is 0 Å². The molecule has 2 N–H and O–H groups in total. The number of hydrogen-bond donors (Lipinski definition) is 1. The van der Waals surface area contributed by atoms with Crippen molar-refractivity contribution in [2.45, 2.75) is 25.8 Å². The zero-order valence-corrected chi connectivity index (χ0v) is 8.33. The Morgan fingerprint density at radius 1 is 1.64 bits per heavy atom. The number of allylic oxidation sites excluding steroid dienone is 1. The van der Waals surface area contributed by atoms with Gasteiger partial charge in [0.15, 0.2) is 0 Å². The highest BCUT2D eigenvalue weighted by atomic mass is 19.1. The number of aromatic nitrogens is 1. The first-order chi connectivity index (χ1) is 6.59. The molecule has 1 aromatic heterocycles. The summed E-state index contributed by atoms with van der Waals surface area (Å²) in [6.45, 7) is 5.75. The van der Waals surface area contributed by atoms with Crippen molar-refractivity contribution in [2.75, 3.05) is 0 Å². The Kier molecular flexibility index (Phi) is 3.77. The monoisotopic (exact) mass is 194 g/mol. The standard InChI is InChI=1S/C11H15FN2/c1-8(2)3-4-11(13)9-5-10(12)7-14-6-9/h5-7,11H,1,3-4,13H2,2H3. The predicted octanol–water partition coefficient (Wildman–Crippen LogP) is 2.58. The van der Waals surface area contributed by atoms with Crippen LogP contribution in [0, 0.1) is 5.82 Å². The van der Waals surface area contributed by atoms with Gasteiger partial charge in [0.05, 0.1) is 6.20 Å². The third kappa shape index (κ3) is 3.26. The van der Waals surface area contributed by atoms with Gasteiger partial charge in [0.1, 0.15) is 5.82 Å². The van der Waals surface area contributed by atoms with Gasteiger partial charge in [0, 0.05) is 12.2 Å². The number of halogens is 1. The molecule has 0 saturated heterocycles. The topological polar surface area (TPSA) is 38.9 Å². The smallest absolute Gasteiger partial charge is 0.141 e. The Balaban J connectivity index is 2.60. The zero-order chi connectivity index (χ0) is 10.6. The van der Waals surface area contributed by atoms with Crippen LogP contribution < -0.4 is 5.73 Å². The van der Waals surface area contributed by atoms with Crippen LogP contribution in [0.4, 0.5) is 4.39 Å². The van der Waals surface area contributed by atoms with Gasteiger partial charge < -0.3 is 5.73 Å². The van der Waals surface area contributed by atoms with E-state index in [1.807, 2.05) is 6.92 Å². The second-order valence-corrected chi connectivity index (χ2v) is 3.54. The fourth-order valence-corrected chi connectivity index (χ4v) is 1.20. The van der Waals surface area contributed by atoms with Crippen LogP contribution in [-0.2, 0) is 0 Å². The number of pyridine rings is 1. The fourth-order valence-electron chi connectivity index (χ4n) is 1.20. The third-order valence-electron chi connectivity index (χ3n) is 2.04. The summed E-state index contributed by atoms with van der Waals surface area (Å²) in [5.41, 5.74) is 7.69. The lowest BCUT2D eigenvalue weighted by Gasteiger charge is -2.11. The normalized spacial score (nSPS) is 12.5. The molecule has 0 radical (unpaired) electrons. The molecule has 0 aliphatic heterocycles. The van der Waals surface area contributed by atoms with Crippen LogP contribution in [0.2, 0.25) is 0 Å². The van der Waals surface area contributed by atoms with E-state index in [0.717, 1.165) is 24.0 Å². The Morgan fingerprint density at radius 3 is 2.93 bits per heavy atom. The molecule has 0 aliphatic carbocycles. The van der Waals surface area contributed by atoms with Crippen molar-refractivity contribution in [2.24, 2.45) is 5.73 Å². The summed E-state index contributed by atoms with van der Waals surface area (Å²) in [4.78, 5) is 3.75. The highest BCUT2D eigenvalue weighted by Crippen LogP contribution is 2.17. The number of hydrogen-bond acceptors (Lipinski definition) is 2. The average Bonchev–Trinajstić information content (AvgIpc) is 2.14. The van der Waals surface area contributed by atoms with E-state index in [-0.39, 0.29) is 11.9 Å². The van der Waals surface area contributed by atoms with E-state index in [0.29, 0.717) is 0 Å². The quantitative estimate of drug-likeness (QED) is 0.748. The molecule has 1 atom stereocenters. The summed E-state index contributed by atoms with van der Waals surface area (Å²) in [7, 11) is 0. The summed E-state index contributed by atoms with van der Waals surface area (Å²) in [6.07, 6.45) is 4.42. The maximum atomic E-state index is 12.8. The van der Waals surface area contributed by atoms with Gasteiger partial charge in [-0.05, 0) is 31.4 Å². The highest BCUT2D eigenvalue weighted by molar-refractivity contribution is 5.14. The van der Waals surface area contributed by atoms with Gasteiger partial charge >= 0.3 is 0 Å². The lowest BCUT2D eigenvalue weighted by atomic mass is 10.0. The zero-order valence-electron chi connectivity index (χ0n) is 8.33. The Hall–Kier alpha value is -1.22. The van der Waals surface area contributed by atoms with Crippen molar-refractivity contribution in [1.82, 2.24) is 4.98 Å². The van der Waals surface area contributed by atoms with Crippen LogP contribution in [0.25, 0.3) is 0 Å². The molecule has 0 amide bonds. The lowest BCUT2D eigenvalue weighted by molar-refractivity contribution is 0.601. The van der Waals surface area contributed by atoms with Crippen LogP contribution in [-0.4, -0.2) is 4.98 Å². The van der Waals surface area contributed by atoms with Crippen LogP contribution in [0.5, 0.6) is 0 Å². The molecule has 0 aliphatic rings. The first kappa shape index (κ1) is 10.9. The van der Waals surface area contributed by atoms with E-state index in [2.05, 4.69) is 11.6 Å². The molecule has 0 bridgehead atoms. The molecule has 76 valence electrons. The van der Waals surface area contributed by atoms with Crippen LogP contribution >= 0.6 is 0 Å². The van der Waals surface area contributed by atoms with E-state index in [4.69, 9.17) is 5.73 Å². The molecule has 2 nitrogen and oxygen atoms in total. The van der Waals surface area contributed by atoms with E-state index < -0.39 is 0 Å². The molecular formula is C11H15FN2. The molecular weight excluding hydrogens is 179 g/mol. The highest BCUT2D eigenvalue weighted by Gasteiger charge is 2.06. The van der Waals surface area contributed by atoms with Crippen molar-refractivity contribution >= 4 is 0 Å². The summed E-state index contributed by atoms with van der Waals surface area (Å²) in [5.74, 6) is -0.340. The van der Waals surface area contributed by atoms with E-state index in [1.54, 1.807) is 6.20 Å². The molecule has 0 spiro atoms. The summed E-state index contributed by atoms with van der Waals surface area (Å²) >= 11 is 0. The second kappa shape index (κ2) is 4.86. The SMILES string of the molecule is C=C(C)CCC(N)c1cncc(F)c1. The van der Waals surface area contributed by atoms with Crippen molar-refractivity contribution in [3.8, 4) is 0 Å². The lowest BCUT2D eigenvalue weighted by Crippen LogP contribution is -2.10. The van der Waals surface area contributed by atoms with Crippen LogP contribution in [0.1, 0.15) is 31.4 Å². The minimum Gasteiger partial charge on any atom is -0.324 e. The van der Waals surface area contributed by atoms with Gasteiger partial charge in [-0.15, -0.1) is 6.58 Å². The number of nitrogens with two attached hydrogens (primary N) is 1. The van der Waals surface area contributed by atoms with Crippen LogP contribution in [0.3, 0.4) is 0 Å². The van der Waals surface area contributed by atoms with Crippen molar-refractivity contribution < 1.29 is 4.39 Å². The van der Waals surface area contributed by atoms with Crippen molar-refractivity contribution in [1.29, 1.82) is 0 Å². The number of nitrogens with zero attached hydrogens (tertiary/aromatic N) is 1. The van der Waals surface area contributed by atoms with Crippen molar-refractivity contribution in [3.05, 3.63) is 42.0 Å². The molecule has 0 fully saturated rings. The first-order valence-corrected chi connectivity index (χ1v) is 4.60. The Morgan fingerprint density at radius 2 is 2.36 bits per heavy atom. The molecule has 1 aromatic rings. The molecule has 0 aromatic carbocycles. The minimum absolute atomic E-state index is 0.158. The third-order valence-corrected chi connectivity index (χ3v) is 2.04. The molecule has 1 heterocycles. The Labute approximate surface area is 83.7 Å². The molecule has 0 saturated carbocycles. The first-order valence-electron chi connectivity index (χ1n) is 4.60. The predicted molar refractivity (Wildman–Crippen MR) is 55.2 cm³/mol. The molecule has 1 rings (SSSR count). The van der Waals surface area contributed by atoms with Crippen LogP contribution in [0.15, 0.2) is 30.6 Å². The largest absolute Gasteiger partial charge is 0.324 e. The van der Waals surface area contributed by atoms with Gasteiger partial charge in [-0.2, -0.15) is 0 Å². The number of rotatable bonds is 4. The summed E-state index contributed by atoms with van der Waals surface area (Å²) in [6, 6.07) is 1.27. The second-order valence-electron chi connectivity index (χ2n) is 3.54. The van der Waals surface area contributed by atoms with Gasteiger partial charge in [0.2, 0.25) is 0 Å². The fraction of sp³-hybridized carbons (Fsp3) is 0.364. The molecule has 14 heavy (non-hydrogen) atoms. The summed E-state index contributed by atoms with van der Waals surface area (Å²) in [5, 5.41) is 0. The van der Waals surface area contributed by atoms with Gasteiger partial charge in [-0.25, -0.2) is 4.39 Å². The Bertz CT molecular complexity index is 323. The molecule has 1 unspecified atom stereocenters. The maximum Gasteiger partial charge on any atom is 0.141 e.